The minimum atomic E-state index is -0.262. The summed E-state index contributed by atoms with van der Waals surface area (Å²) in [7, 11) is 0. The third-order valence-corrected chi connectivity index (χ3v) is 8.89. The van der Waals surface area contributed by atoms with Gasteiger partial charge >= 0.3 is 0 Å². The first-order valence-electron chi connectivity index (χ1n) is 14.3. The summed E-state index contributed by atoms with van der Waals surface area (Å²) in [4.78, 5) is 0. The van der Waals surface area contributed by atoms with Gasteiger partial charge in [-0.3, -0.25) is 0 Å². The Morgan fingerprint density at radius 1 is 0.618 bits per heavy atom. The molecule has 0 aromatic carbocycles. The molecule has 0 aromatic rings. The van der Waals surface area contributed by atoms with Crippen LogP contribution in [0, 0.1) is 34.5 Å². The summed E-state index contributed by atoms with van der Waals surface area (Å²) < 4.78 is 0. The van der Waals surface area contributed by atoms with E-state index in [1.807, 2.05) is 0 Å². The highest BCUT2D eigenvalue weighted by Gasteiger charge is 2.33. The van der Waals surface area contributed by atoms with Gasteiger partial charge in [-0.15, -0.1) is 0 Å². The second-order valence-electron chi connectivity index (χ2n) is 13.2. The third kappa shape index (κ3) is 9.91. The summed E-state index contributed by atoms with van der Waals surface area (Å²) in [6.45, 7) is 8.94. The van der Waals surface area contributed by atoms with Crippen molar-refractivity contribution in [2.75, 3.05) is 13.2 Å². The molecule has 2 saturated carbocycles. The lowest BCUT2D eigenvalue weighted by atomic mass is 9.73. The minimum Gasteiger partial charge on any atom is -0.396 e. The van der Waals surface area contributed by atoms with E-state index >= 15 is 0 Å². The van der Waals surface area contributed by atoms with Crippen molar-refractivity contribution in [3.63, 3.8) is 0 Å². The first-order valence-corrected chi connectivity index (χ1v) is 14.3. The molecule has 0 amide bonds. The zero-order valence-corrected chi connectivity index (χ0v) is 22.7. The smallest absolute Gasteiger partial charge is 0.0630 e. The molecule has 2 aliphatic rings. The van der Waals surface area contributed by atoms with E-state index in [-0.39, 0.29) is 48.1 Å². The van der Waals surface area contributed by atoms with Crippen LogP contribution < -0.4 is 0 Å². The van der Waals surface area contributed by atoms with Crippen molar-refractivity contribution in [1.82, 2.24) is 0 Å². The number of hydrogen-bond acceptors (Lipinski definition) is 4. The van der Waals surface area contributed by atoms with Gasteiger partial charge < -0.3 is 20.4 Å². The summed E-state index contributed by atoms with van der Waals surface area (Å²) in [5.41, 5.74) is 0.0102. The highest BCUT2D eigenvalue weighted by Crippen LogP contribution is 2.37. The molecule has 6 unspecified atom stereocenters. The van der Waals surface area contributed by atoms with E-state index in [0.717, 1.165) is 77.0 Å². The Morgan fingerprint density at radius 3 is 1.35 bits per heavy atom. The Kier molecular flexibility index (Phi) is 12.6. The molecule has 200 valence electrons. The molecule has 0 bridgehead atoms. The summed E-state index contributed by atoms with van der Waals surface area (Å²) >= 11 is 0. The first-order chi connectivity index (χ1) is 16.1. The van der Waals surface area contributed by atoms with Gasteiger partial charge in [0.1, 0.15) is 0 Å². The maximum absolute atomic E-state index is 11.0. The topological polar surface area (TPSA) is 80.9 Å². The maximum Gasteiger partial charge on any atom is 0.0630 e. The van der Waals surface area contributed by atoms with Gasteiger partial charge in [0, 0.05) is 25.0 Å². The van der Waals surface area contributed by atoms with Gasteiger partial charge in [0.25, 0.3) is 0 Å². The predicted molar refractivity (Wildman–Crippen MR) is 141 cm³/mol. The molecular formula is C30H56O4. The molecule has 0 radical (unpaired) electrons. The molecule has 0 aromatic heterocycles. The number of unbranched alkanes of at least 4 members (excludes halogenated alkanes) is 2. The van der Waals surface area contributed by atoms with Crippen LogP contribution in [0.5, 0.6) is 0 Å². The van der Waals surface area contributed by atoms with Gasteiger partial charge in [-0.2, -0.15) is 0 Å². The summed E-state index contributed by atoms with van der Waals surface area (Å²) in [5, 5.41) is 41.0. The van der Waals surface area contributed by atoms with Crippen molar-refractivity contribution < 1.29 is 20.4 Å². The van der Waals surface area contributed by atoms with Crippen LogP contribution in [0.15, 0.2) is 12.2 Å². The van der Waals surface area contributed by atoms with E-state index in [4.69, 9.17) is 0 Å². The zero-order valence-electron chi connectivity index (χ0n) is 22.7. The van der Waals surface area contributed by atoms with Gasteiger partial charge in [-0.1, -0.05) is 78.4 Å². The normalized spacial score (nSPS) is 31.3. The monoisotopic (exact) mass is 480 g/mol. The fourth-order valence-corrected chi connectivity index (χ4v) is 6.13. The molecule has 6 atom stereocenters. The fraction of sp³-hybridized carbons (Fsp3) is 0.933. The Morgan fingerprint density at radius 2 is 1.00 bits per heavy atom. The fourth-order valence-electron chi connectivity index (χ4n) is 6.13. The average Bonchev–Trinajstić information content (AvgIpc) is 2.81. The second kappa shape index (κ2) is 14.4. The number of hydrogen-bond donors (Lipinski definition) is 4. The molecule has 0 spiro atoms. The zero-order chi connectivity index (χ0) is 25.2. The standard InChI is InChI=1S/C30H56O4/c1-29(2,21-31)19-7-5-11-23-13-9-15-25(27(23)33)17-18-26-16-10-14-24(28(26)34)12-6-8-20-30(3,4)22-32/h17-18,23-28,31-34H,5-16,19-22H2,1-4H3/b18-17+. The van der Waals surface area contributed by atoms with E-state index < -0.39 is 0 Å². The molecule has 4 heteroatoms. The van der Waals surface area contributed by atoms with Crippen LogP contribution in [0.3, 0.4) is 0 Å². The molecular weight excluding hydrogens is 424 g/mol. The molecule has 34 heavy (non-hydrogen) atoms. The molecule has 2 aliphatic carbocycles. The van der Waals surface area contributed by atoms with E-state index in [2.05, 4.69) is 39.8 Å². The molecule has 0 saturated heterocycles. The Bertz CT molecular complexity index is 534. The highest BCUT2D eigenvalue weighted by molar-refractivity contribution is 5.02. The number of aliphatic hydroxyl groups excluding tert-OH is 4. The van der Waals surface area contributed by atoms with Gasteiger partial charge in [0.2, 0.25) is 0 Å². The van der Waals surface area contributed by atoms with Crippen LogP contribution in [-0.4, -0.2) is 45.8 Å². The van der Waals surface area contributed by atoms with Crippen LogP contribution in [0.25, 0.3) is 0 Å². The largest absolute Gasteiger partial charge is 0.396 e. The van der Waals surface area contributed by atoms with Gasteiger partial charge in [0.15, 0.2) is 0 Å². The first kappa shape index (κ1) is 29.8. The van der Waals surface area contributed by atoms with Crippen LogP contribution in [0.4, 0.5) is 0 Å². The van der Waals surface area contributed by atoms with E-state index in [1.54, 1.807) is 0 Å². The van der Waals surface area contributed by atoms with Crippen molar-refractivity contribution in [3.8, 4) is 0 Å². The van der Waals surface area contributed by atoms with Gasteiger partial charge in [-0.25, -0.2) is 0 Å². The van der Waals surface area contributed by atoms with Crippen LogP contribution >= 0.6 is 0 Å². The van der Waals surface area contributed by atoms with Crippen LogP contribution in [0.2, 0.25) is 0 Å². The molecule has 4 N–H and O–H groups in total. The quantitative estimate of drug-likeness (QED) is 0.175. The Hall–Kier alpha value is -0.420. The van der Waals surface area contributed by atoms with Gasteiger partial charge in [0.05, 0.1) is 12.2 Å². The second-order valence-corrected chi connectivity index (χ2v) is 13.2. The van der Waals surface area contributed by atoms with Crippen LogP contribution in [0.1, 0.15) is 118 Å². The molecule has 2 fully saturated rings. The van der Waals surface area contributed by atoms with Crippen molar-refractivity contribution in [2.45, 2.75) is 130 Å². The Labute approximate surface area is 210 Å². The molecule has 2 rings (SSSR count). The summed E-state index contributed by atoms with van der Waals surface area (Å²) in [6, 6.07) is 0. The van der Waals surface area contributed by atoms with Crippen molar-refractivity contribution in [1.29, 1.82) is 0 Å². The molecule has 0 aliphatic heterocycles. The SMILES string of the molecule is CC(C)(CO)CCCCC1CCCC(/C=C/C2CCCC(CCCCC(C)(C)CO)C2O)C1O. The van der Waals surface area contributed by atoms with Crippen molar-refractivity contribution in [2.24, 2.45) is 34.5 Å². The third-order valence-electron chi connectivity index (χ3n) is 8.89. The maximum atomic E-state index is 11.0. The average molecular weight is 481 g/mol. The van der Waals surface area contributed by atoms with Crippen molar-refractivity contribution in [3.05, 3.63) is 12.2 Å². The Balaban J connectivity index is 1.78. The lowest BCUT2D eigenvalue weighted by Gasteiger charge is -2.36. The summed E-state index contributed by atoms with van der Waals surface area (Å²) in [5.74, 6) is 1.21. The van der Waals surface area contributed by atoms with E-state index in [9.17, 15) is 20.4 Å². The number of aliphatic hydroxyl groups is 4. The van der Waals surface area contributed by atoms with E-state index in [1.165, 1.54) is 12.8 Å². The van der Waals surface area contributed by atoms with Gasteiger partial charge in [-0.05, 0) is 74.0 Å². The van der Waals surface area contributed by atoms with Crippen molar-refractivity contribution >= 4 is 0 Å². The highest BCUT2D eigenvalue weighted by atomic mass is 16.3. The lowest BCUT2D eigenvalue weighted by Crippen LogP contribution is -2.34. The minimum absolute atomic E-state index is 0.00512. The van der Waals surface area contributed by atoms with E-state index in [0.29, 0.717) is 11.8 Å². The van der Waals surface area contributed by atoms with Crippen LogP contribution in [-0.2, 0) is 0 Å². The molecule has 0 heterocycles. The predicted octanol–water partition coefficient (Wildman–Crippen LogP) is 6.25. The number of rotatable bonds is 14. The summed E-state index contributed by atoms with van der Waals surface area (Å²) in [6.07, 6.45) is 19.4. The molecule has 4 nitrogen and oxygen atoms in total. The lowest BCUT2D eigenvalue weighted by molar-refractivity contribution is 0.0247.